The van der Waals surface area contributed by atoms with Crippen LogP contribution in [0.25, 0.3) is 11.1 Å². The van der Waals surface area contributed by atoms with Crippen molar-refractivity contribution < 1.29 is 13.9 Å². The zero-order valence-electron chi connectivity index (χ0n) is 10.4. The van der Waals surface area contributed by atoms with E-state index in [9.17, 15) is 4.39 Å². The molecule has 0 unspecified atom stereocenters. The normalized spacial score (nSPS) is 10.4. The van der Waals surface area contributed by atoms with Gasteiger partial charge in [-0.05, 0) is 29.3 Å². The molecule has 0 fully saturated rings. The lowest BCUT2D eigenvalue weighted by Gasteiger charge is -2.10. The summed E-state index contributed by atoms with van der Waals surface area (Å²) < 4.78 is 23.3. The van der Waals surface area contributed by atoms with Crippen LogP contribution in [0.4, 0.5) is 4.39 Å². The molecule has 2 nitrogen and oxygen atoms in total. The van der Waals surface area contributed by atoms with E-state index >= 15 is 0 Å². The first-order chi connectivity index (χ1) is 8.74. The molecule has 0 radical (unpaired) electrons. The van der Waals surface area contributed by atoms with Gasteiger partial charge in [0.05, 0.1) is 13.7 Å². The second-order valence-corrected chi connectivity index (χ2v) is 3.97. The average Bonchev–Trinajstić information content (AvgIpc) is 2.40. The van der Waals surface area contributed by atoms with Crippen LogP contribution in [0.5, 0.6) is 5.75 Å². The third-order valence-corrected chi connectivity index (χ3v) is 2.76. The van der Waals surface area contributed by atoms with Crippen LogP contribution in [0.1, 0.15) is 5.56 Å². The van der Waals surface area contributed by atoms with E-state index in [0.717, 1.165) is 22.4 Å². The van der Waals surface area contributed by atoms with E-state index in [-0.39, 0.29) is 5.82 Å². The highest BCUT2D eigenvalue weighted by molar-refractivity contribution is 5.66. The van der Waals surface area contributed by atoms with E-state index in [4.69, 9.17) is 9.47 Å². The second-order valence-electron chi connectivity index (χ2n) is 3.97. The molecule has 0 saturated carbocycles. The molecule has 0 saturated heterocycles. The van der Waals surface area contributed by atoms with Gasteiger partial charge in [0, 0.05) is 12.7 Å². The molecular weight excluding hydrogens is 231 g/mol. The zero-order valence-corrected chi connectivity index (χ0v) is 10.4. The Bertz CT molecular complexity index is 521. The lowest BCUT2D eigenvalue weighted by Crippen LogP contribution is -1.94. The Hall–Kier alpha value is -1.87. The maximum Gasteiger partial charge on any atom is 0.124 e. The Kier molecular flexibility index (Phi) is 3.95. The summed E-state index contributed by atoms with van der Waals surface area (Å²) in [5.41, 5.74) is 2.94. The monoisotopic (exact) mass is 246 g/mol. The van der Waals surface area contributed by atoms with Gasteiger partial charge in [-0.2, -0.15) is 0 Å². The molecule has 3 heteroatoms. The van der Waals surface area contributed by atoms with E-state index in [1.807, 2.05) is 18.2 Å². The van der Waals surface area contributed by atoms with E-state index in [0.29, 0.717) is 6.61 Å². The maximum absolute atomic E-state index is 12.9. The van der Waals surface area contributed by atoms with Crippen molar-refractivity contribution in [2.45, 2.75) is 6.61 Å². The van der Waals surface area contributed by atoms with E-state index in [1.54, 1.807) is 26.4 Å². The minimum absolute atomic E-state index is 0.235. The summed E-state index contributed by atoms with van der Waals surface area (Å²) in [6.07, 6.45) is 0. The number of hydrogen-bond donors (Lipinski definition) is 0. The molecule has 0 atom stereocenters. The molecule has 2 aromatic carbocycles. The van der Waals surface area contributed by atoms with Crippen molar-refractivity contribution in [1.82, 2.24) is 0 Å². The lowest BCUT2D eigenvalue weighted by atomic mass is 10.0. The highest BCUT2D eigenvalue weighted by Crippen LogP contribution is 2.27. The summed E-state index contributed by atoms with van der Waals surface area (Å²) in [7, 11) is 3.27. The topological polar surface area (TPSA) is 18.5 Å². The number of rotatable bonds is 4. The van der Waals surface area contributed by atoms with Gasteiger partial charge in [0.25, 0.3) is 0 Å². The van der Waals surface area contributed by atoms with Gasteiger partial charge < -0.3 is 9.47 Å². The van der Waals surface area contributed by atoms with E-state index in [1.165, 1.54) is 12.1 Å². The van der Waals surface area contributed by atoms with Crippen LogP contribution in [0.2, 0.25) is 0 Å². The summed E-state index contributed by atoms with van der Waals surface area (Å²) in [6.45, 7) is 0.507. The van der Waals surface area contributed by atoms with Crippen molar-refractivity contribution in [3.63, 3.8) is 0 Å². The van der Waals surface area contributed by atoms with Gasteiger partial charge in [-0.1, -0.05) is 24.3 Å². The van der Waals surface area contributed by atoms with Crippen molar-refractivity contribution in [3.05, 3.63) is 53.8 Å². The molecular formula is C15H15FO2. The number of ether oxygens (including phenoxy) is 2. The Morgan fingerprint density at radius 1 is 0.944 bits per heavy atom. The molecule has 18 heavy (non-hydrogen) atoms. The van der Waals surface area contributed by atoms with Crippen LogP contribution >= 0.6 is 0 Å². The van der Waals surface area contributed by atoms with Gasteiger partial charge in [-0.15, -0.1) is 0 Å². The summed E-state index contributed by atoms with van der Waals surface area (Å²) in [4.78, 5) is 0. The third kappa shape index (κ3) is 2.68. The van der Waals surface area contributed by atoms with Crippen molar-refractivity contribution in [1.29, 1.82) is 0 Å². The summed E-state index contributed by atoms with van der Waals surface area (Å²) in [5, 5.41) is 0. The highest BCUT2D eigenvalue weighted by atomic mass is 19.1. The third-order valence-electron chi connectivity index (χ3n) is 2.76. The van der Waals surface area contributed by atoms with Crippen LogP contribution in [0.15, 0.2) is 42.5 Å². The molecule has 0 heterocycles. The van der Waals surface area contributed by atoms with Crippen LogP contribution in [-0.4, -0.2) is 14.2 Å². The molecule has 2 rings (SSSR count). The van der Waals surface area contributed by atoms with Gasteiger partial charge in [-0.3, -0.25) is 0 Å². The number of benzene rings is 2. The average molecular weight is 246 g/mol. The lowest BCUT2D eigenvalue weighted by molar-refractivity contribution is 0.181. The fourth-order valence-corrected chi connectivity index (χ4v) is 1.84. The second kappa shape index (κ2) is 5.65. The standard InChI is InChI=1S/C15H15FO2/c1-17-10-13-4-3-12(9-15(13)18-2)11-5-7-14(16)8-6-11/h3-9H,10H2,1-2H3. The Morgan fingerprint density at radius 3 is 2.22 bits per heavy atom. The van der Waals surface area contributed by atoms with E-state index in [2.05, 4.69) is 0 Å². The fraction of sp³-hybridized carbons (Fsp3) is 0.200. The molecule has 0 amide bonds. The molecule has 94 valence electrons. The summed E-state index contributed by atoms with van der Waals surface area (Å²) >= 11 is 0. The van der Waals surface area contributed by atoms with Crippen molar-refractivity contribution in [2.24, 2.45) is 0 Å². The van der Waals surface area contributed by atoms with Gasteiger partial charge >= 0.3 is 0 Å². The minimum Gasteiger partial charge on any atom is -0.496 e. The molecule has 0 N–H and O–H groups in total. The quantitative estimate of drug-likeness (QED) is 0.819. The fourth-order valence-electron chi connectivity index (χ4n) is 1.84. The van der Waals surface area contributed by atoms with Crippen LogP contribution in [-0.2, 0) is 11.3 Å². The predicted octanol–water partition coefficient (Wildman–Crippen LogP) is 3.65. The van der Waals surface area contributed by atoms with Crippen LogP contribution in [0, 0.1) is 5.82 Å². The number of hydrogen-bond acceptors (Lipinski definition) is 2. The highest BCUT2D eigenvalue weighted by Gasteiger charge is 2.05. The van der Waals surface area contributed by atoms with Crippen molar-refractivity contribution in [2.75, 3.05) is 14.2 Å². The smallest absolute Gasteiger partial charge is 0.124 e. The van der Waals surface area contributed by atoms with Crippen LogP contribution < -0.4 is 4.74 Å². The maximum atomic E-state index is 12.9. The first-order valence-electron chi connectivity index (χ1n) is 5.66. The van der Waals surface area contributed by atoms with Crippen LogP contribution in [0.3, 0.4) is 0 Å². The predicted molar refractivity (Wildman–Crippen MR) is 69.1 cm³/mol. The van der Waals surface area contributed by atoms with Gasteiger partial charge in [-0.25, -0.2) is 4.39 Å². The van der Waals surface area contributed by atoms with Gasteiger partial charge in [0.2, 0.25) is 0 Å². The number of methoxy groups -OCH3 is 2. The summed E-state index contributed by atoms with van der Waals surface area (Å²) in [6, 6.07) is 12.3. The van der Waals surface area contributed by atoms with Crippen molar-refractivity contribution in [3.8, 4) is 16.9 Å². The molecule has 0 bridgehead atoms. The minimum atomic E-state index is -0.235. The molecule has 0 aromatic heterocycles. The van der Waals surface area contributed by atoms with Gasteiger partial charge in [0.1, 0.15) is 11.6 Å². The SMILES string of the molecule is COCc1ccc(-c2ccc(F)cc2)cc1OC. The Labute approximate surface area is 106 Å². The van der Waals surface area contributed by atoms with E-state index < -0.39 is 0 Å². The Morgan fingerprint density at radius 2 is 1.61 bits per heavy atom. The molecule has 0 aliphatic rings. The zero-order chi connectivity index (χ0) is 13.0. The number of halogens is 1. The molecule has 0 aliphatic heterocycles. The Balaban J connectivity index is 2.37. The molecule has 0 spiro atoms. The molecule has 2 aromatic rings. The largest absolute Gasteiger partial charge is 0.496 e. The summed E-state index contributed by atoms with van der Waals surface area (Å²) in [5.74, 6) is 0.542. The van der Waals surface area contributed by atoms with Gasteiger partial charge in [0.15, 0.2) is 0 Å². The first-order valence-corrected chi connectivity index (χ1v) is 5.66. The molecule has 0 aliphatic carbocycles. The first kappa shape index (κ1) is 12.6. The van der Waals surface area contributed by atoms with Crippen molar-refractivity contribution >= 4 is 0 Å².